The monoisotopic (exact) mass is 2010 g/mol. The topological polar surface area (TPSA) is 766 Å². The van der Waals surface area contributed by atoms with E-state index >= 15 is 0 Å². The number of esters is 1. The molecule has 140 heavy (non-hydrogen) atoms. The second kappa shape index (κ2) is 52.7. The van der Waals surface area contributed by atoms with Gasteiger partial charge >= 0.3 is 5.97 Å². The van der Waals surface area contributed by atoms with Crippen LogP contribution >= 0.6 is 0 Å². The maximum Gasteiger partial charge on any atom is 0.338 e. The van der Waals surface area contributed by atoms with Crippen molar-refractivity contribution < 1.29 is 247 Å². The number of methoxy groups -OCH3 is 6. The number of aryl methyl sites for hydroxylation is 4. The first-order valence-electron chi connectivity index (χ1n) is 43.7. The van der Waals surface area contributed by atoms with E-state index in [0.29, 0.717) is 45.6 Å². The molecule has 5 aromatic carbocycles. The first-order chi connectivity index (χ1) is 65.9. The van der Waals surface area contributed by atoms with Crippen molar-refractivity contribution in [2.45, 2.75) is 263 Å². The summed E-state index contributed by atoms with van der Waals surface area (Å²) < 4.78 is 118. The van der Waals surface area contributed by atoms with E-state index < -0.39 is 260 Å². The summed E-state index contributed by atoms with van der Waals surface area (Å²) in [6.45, 7) is 3.02. The SMILES string of the molecule is C.CCc1ccc(OC2OC(COC3OCC(O)(CO)C3O)C(O)C(O)C2O)c(OC)c1.COC(=O)c1cc(OC2OC(CO)C(O)C(O)C2OC2OCC(O)(CO)C2O)ccc1C.COc1cc(C)cc(CO)c1OC1OC(CO)C(O)C(O)C1O.COc1cc(C)ccc1OC1OC(CO)C(O)C(O)C1O.COc1cc(OC2OC(COC3OCC(O)(CO)C3O)C(O)C(O)C2O)cc(OC)c1C. The zero-order chi connectivity index (χ0) is 103. The Morgan fingerprint density at radius 1 is 0.364 bits per heavy atom. The molecule has 794 valence electrons. The minimum absolute atomic E-state index is 0. The van der Waals surface area contributed by atoms with Gasteiger partial charge in [-0.1, -0.05) is 32.5 Å². The van der Waals surface area contributed by atoms with Crippen molar-refractivity contribution in [1.82, 2.24) is 0 Å². The summed E-state index contributed by atoms with van der Waals surface area (Å²) in [7, 11) is 8.55. The third kappa shape index (κ3) is 27.6. The molecule has 8 aliphatic rings. The third-order valence-corrected chi connectivity index (χ3v) is 23.9. The van der Waals surface area contributed by atoms with Crippen LogP contribution in [0, 0.1) is 27.7 Å². The number of hydrogen-bond acceptors (Lipinski definition) is 50. The summed E-state index contributed by atoms with van der Waals surface area (Å²) >= 11 is 0. The van der Waals surface area contributed by atoms with E-state index in [9.17, 15) is 138 Å². The van der Waals surface area contributed by atoms with Gasteiger partial charge in [-0.05, 0) is 105 Å². The number of carbonyl (C=O) groups excluding carboxylic acids is 1. The Labute approximate surface area is 803 Å². The predicted octanol–water partition coefficient (Wildman–Crippen LogP) is -8.52. The second-order valence-electron chi connectivity index (χ2n) is 33.7. The summed E-state index contributed by atoms with van der Waals surface area (Å²) in [6.07, 6.45) is -43.3. The lowest BCUT2D eigenvalue weighted by Gasteiger charge is -2.42. The van der Waals surface area contributed by atoms with Gasteiger partial charge in [0.05, 0.1) is 128 Å². The minimum Gasteiger partial charge on any atom is -0.496 e. The van der Waals surface area contributed by atoms with E-state index in [1.165, 1.54) is 54.8 Å². The van der Waals surface area contributed by atoms with Crippen molar-refractivity contribution in [1.29, 1.82) is 0 Å². The fraction of sp³-hybridized carbons (Fsp3) is 0.656. The smallest absolute Gasteiger partial charge is 0.338 e. The quantitative estimate of drug-likeness (QED) is 0.0178. The zero-order valence-corrected chi connectivity index (χ0v) is 77.6. The van der Waals surface area contributed by atoms with Crippen LogP contribution in [0.1, 0.15) is 58.1 Å². The van der Waals surface area contributed by atoms with Crippen LogP contribution in [0.25, 0.3) is 0 Å². The lowest BCUT2D eigenvalue weighted by atomic mass is 9.98. The van der Waals surface area contributed by atoms with Gasteiger partial charge in [-0.25, -0.2) is 4.79 Å². The van der Waals surface area contributed by atoms with Crippen molar-refractivity contribution >= 4 is 5.97 Å². The van der Waals surface area contributed by atoms with E-state index in [1.54, 1.807) is 74.5 Å². The van der Waals surface area contributed by atoms with Gasteiger partial charge in [-0.3, -0.25) is 0 Å². The Kier molecular flexibility index (Phi) is 44.2. The van der Waals surface area contributed by atoms with Gasteiger partial charge in [0.1, 0.15) is 174 Å². The second-order valence-corrected chi connectivity index (χ2v) is 33.7. The van der Waals surface area contributed by atoms with Crippen LogP contribution in [0.3, 0.4) is 0 Å². The highest BCUT2D eigenvalue weighted by Gasteiger charge is 2.57. The predicted molar refractivity (Wildman–Crippen MR) is 469 cm³/mol. The Balaban J connectivity index is 0.000000216. The van der Waals surface area contributed by atoms with Gasteiger partial charge < -0.3 is 242 Å². The molecule has 34 atom stereocenters. The van der Waals surface area contributed by atoms with E-state index in [4.69, 9.17) is 109 Å². The zero-order valence-electron chi connectivity index (χ0n) is 77.6. The van der Waals surface area contributed by atoms with Crippen LogP contribution in [0.2, 0.25) is 0 Å². The number of benzene rings is 5. The first kappa shape index (κ1) is 117. The van der Waals surface area contributed by atoms with E-state index in [-0.39, 0.29) is 69.0 Å². The summed E-state index contributed by atoms with van der Waals surface area (Å²) in [5.74, 6) is 2.63. The molecule has 0 spiro atoms. The van der Waals surface area contributed by atoms with Crippen molar-refractivity contribution in [3.8, 4) is 57.5 Å². The standard InChI is InChI=1S/C20H30O12.C20H28O12.C20H30O11.C15H22O8.C14H20O7.CH4/c1-9-11(27-2)4-10(5-12(9)28-3)31-18-16(24)15(23)14(22)13(32-18)6-29-19-17(25)20(26,7-21)8-30-19;1-9-3-4-10(5-11(9)17(26)28-2)30-18-15(14(24)13(23)12(6-21)31-18)32-19-16(25)20(27,7-22)8-29-19;1-3-10-4-5-11(12(6-10)27-2)30-18-16(24)15(23)14(22)13(31-18)7-28-19-17(25)20(26,8-21)9-29-19;1-7-3-8(5-16)14(9(4-7)21-2)23-15-13(20)12(19)11(18)10(6-17)22-15;1-7-3-4-8(9(5-7)19-2)20-14-13(18)12(17)11(16)10(6-15)21-14;/h4-5,13-19,21-26H,6-8H2,1-3H3;3-5,12-16,18-19,21-25,27H,6-8H2,1-2H3;4-6,13-19,21-26H,3,7-9H2,1-2H3;3-4,10-13,15-20H,5-6H2,1-2H3;3-5,10-18H,6H2,1-2H3;1H4. The highest BCUT2D eigenvalue weighted by molar-refractivity contribution is 5.91. The summed E-state index contributed by atoms with van der Waals surface area (Å²) in [5, 5.41) is 267. The fourth-order valence-corrected chi connectivity index (χ4v) is 15.1. The van der Waals surface area contributed by atoms with Crippen LogP contribution in [-0.2, 0) is 69.9 Å². The molecule has 13 rings (SSSR count). The number of rotatable bonds is 32. The van der Waals surface area contributed by atoms with Gasteiger partial charge in [0.2, 0.25) is 31.5 Å². The largest absolute Gasteiger partial charge is 0.496 e. The molecule has 0 bridgehead atoms. The number of carbonyl (C=O) groups is 1. The molecule has 50 heteroatoms. The number of hydrogen-bond donors (Lipinski definition) is 27. The molecule has 8 saturated heterocycles. The molecule has 8 heterocycles. The molecular formula is C90H134O50. The molecular weight excluding hydrogens is 1880 g/mol. The summed E-state index contributed by atoms with van der Waals surface area (Å²) in [4.78, 5) is 12.0. The highest BCUT2D eigenvalue weighted by atomic mass is 16.8. The Hall–Kier alpha value is -7.95. The maximum absolute atomic E-state index is 12.0. The van der Waals surface area contributed by atoms with Crippen LogP contribution < -0.4 is 47.4 Å². The van der Waals surface area contributed by atoms with Crippen molar-refractivity contribution in [2.75, 3.05) is 115 Å². The van der Waals surface area contributed by atoms with Crippen LogP contribution in [0.4, 0.5) is 0 Å². The molecule has 0 radical (unpaired) electrons. The minimum atomic E-state index is -1.97. The molecule has 8 aliphatic heterocycles. The van der Waals surface area contributed by atoms with Crippen molar-refractivity contribution in [2.24, 2.45) is 0 Å². The third-order valence-electron chi connectivity index (χ3n) is 23.9. The van der Waals surface area contributed by atoms with E-state index in [2.05, 4.69) is 0 Å². The van der Waals surface area contributed by atoms with Gasteiger partial charge in [-0.2, -0.15) is 0 Å². The molecule has 27 N–H and O–H groups in total. The maximum atomic E-state index is 12.0. The van der Waals surface area contributed by atoms with E-state index in [1.807, 2.05) is 26.8 Å². The van der Waals surface area contributed by atoms with E-state index in [0.717, 1.165) is 28.7 Å². The lowest BCUT2D eigenvalue weighted by Crippen LogP contribution is -2.62. The van der Waals surface area contributed by atoms with Gasteiger partial charge in [0.25, 0.3) is 0 Å². The fourth-order valence-electron chi connectivity index (χ4n) is 15.1. The molecule has 0 saturated carbocycles. The molecule has 5 aromatic rings. The van der Waals surface area contributed by atoms with Gasteiger partial charge in [0.15, 0.2) is 59.5 Å². The normalized spacial score (nSPS) is 35.5. The molecule has 34 unspecified atom stereocenters. The molecule has 8 fully saturated rings. The Morgan fingerprint density at radius 2 is 0.743 bits per heavy atom. The van der Waals surface area contributed by atoms with Crippen LogP contribution in [-0.4, -0.2) is 467 Å². The molecule has 0 aromatic heterocycles. The number of aliphatic hydroxyl groups excluding tert-OH is 24. The highest BCUT2D eigenvalue weighted by Crippen LogP contribution is 2.42. The lowest BCUT2D eigenvalue weighted by molar-refractivity contribution is -0.318. The number of aliphatic hydroxyl groups is 27. The molecule has 0 aliphatic carbocycles. The van der Waals surface area contributed by atoms with Gasteiger partial charge in [-0.15, -0.1) is 0 Å². The number of ether oxygens (including phenoxy) is 22. The Morgan fingerprint density at radius 3 is 1.16 bits per heavy atom. The average Bonchev–Trinajstić information content (AvgIpc) is 1.53. The van der Waals surface area contributed by atoms with Crippen LogP contribution in [0.5, 0.6) is 57.5 Å². The van der Waals surface area contributed by atoms with Gasteiger partial charge in [0, 0.05) is 23.3 Å². The Bertz CT molecular complexity index is 4570. The van der Waals surface area contributed by atoms with Crippen LogP contribution in [0.15, 0.2) is 78.9 Å². The molecule has 0 amide bonds. The average molecular weight is 2020 g/mol. The van der Waals surface area contributed by atoms with Crippen molar-refractivity contribution in [3.05, 3.63) is 118 Å². The summed E-state index contributed by atoms with van der Waals surface area (Å²) in [5.41, 5.74) is -0.905. The molecule has 50 nitrogen and oxygen atoms in total. The first-order valence-corrected chi connectivity index (χ1v) is 43.7. The van der Waals surface area contributed by atoms with Crippen molar-refractivity contribution in [3.63, 3.8) is 0 Å². The summed E-state index contributed by atoms with van der Waals surface area (Å²) in [6, 6.07) is 21.4.